The van der Waals surface area contributed by atoms with E-state index in [-0.39, 0.29) is 44.8 Å². The van der Waals surface area contributed by atoms with Gasteiger partial charge in [0.25, 0.3) is 0 Å². The molecule has 5 aromatic carbocycles. The molecule has 0 fully saturated rings. The van der Waals surface area contributed by atoms with Crippen LogP contribution in [0, 0.1) is 71.6 Å². The Balaban J connectivity index is 1.87. The van der Waals surface area contributed by atoms with Crippen LogP contribution in [0.15, 0.2) is 97.1 Å². The molecule has 8 nitrogen and oxygen atoms in total. The summed E-state index contributed by atoms with van der Waals surface area (Å²) in [6.07, 6.45) is -11.3. The molecular weight excluding hydrogens is 803 g/mol. The Kier molecular flexibility index (Phi) is 10.1. The van der Waals surface area contributed by atoms with Gasteiger partial charge in [-0.25, -0.2) is 19.4 Å². The molecule has 0 bridgehead atoms. The number of nitriles is 4. The Hall–Kier alpha value is -9.44. The van der Waals surface area contributed by atoms with Gasteiger partial charge in [0.15, 0.2) is 11.4 Å². The van der Waals surface area contributed by atoms with E-state index < -0.39 is 90.6 Å². The summed E-state index contributed by atoms with van der Waals surface area (Å²) in [5.41, 5.74) is -16.3. The van der Waals surface area contributed by atoms with E-state index in [4.69, 9.17) is 26.3 Å². The van der Waals surface area contributed by atoms with Crippen molar-refractivity contribution in [2.24, 2.45) is 0 Å². The van der Waals surface area contributed by atoms with Gasteiger partial charge in [0.2, 0.25) is 11.4 Å². The quantitative estimate of drug-likeness (QED) is 0.102. The van der Waals surface area contributed by atoms with Crippen LogP contribution in [0.25, 0.3) is 64.2 Å². The molecule has 14 heteroatoms. The summed E-state index contributed by atoms with van der Waals surface area (Å²) in [6, 6.07) is 27.6. The van der Waals surface area contributed by atoms with Gasteiger partial charge in [-0.15, -0.1) is 0 Å². The predicted octanol–water partition coefficient (Wildman–Crippen LogP) is 13.0. The first-order valence-electron chi connectivity index (χ1n) is 17.6. The molecule has 0 spiro atoms. The Morgan fingerprint density at radius 3 is 1.45 bits per heavy atom. The maximum Gasteiger partial charge on any atom is 0.417 e. The van der Waals surface area contributed by atoms with Crippen molar-refractivity contribution in [1.29, 1.82) is 21.0 Å². The molecule has 0 heterocycles. The first kappa shape index (κ1) is 40.7. The van der Waals surface area contributed by atoms with Gasteiger partial charge < -0.3 is 0 Å². The third-order valence-electron chi connectivity index (χ3n) is 10.0. The molecule has 0 aromatic heterocycles. The molecule has 2 aliphatic rings. The van der Waals surface area contributed by atoms with E-state index >= 15 is 26.3 Å². The van der Waals surface area contributed by atoms with Crippen LogP contribution in [0.3, 0.4) is 0 Å². The van der Waals surface area contributed by atoms with Crippen LogP contribution in [0.2, 0.25) is 0 Å². The highest BCUT2D eigenvalue weighted by Gasteiger charge is 2.53. The lowest BCUT2D eigenvalue weighted by molar-refractivity contribution is -0.141. The topological polar surface area (TPSA) is 113 Å². The zero-order valence-electron chi connectivity index (χ0n) is 31.1. The molecule has 5 aromatic rings. The minimum atomic E-state index is -5.66. The molecule has 0 unspecified atom stereocenters. The van der Waals surface area contributed by atoms with Gasteiger partial charge in [-0.1, -0.05) is 78.9 Å². The van der Waals surface area contributed by atoms with Gasteiger partial charge in [-0.3, -0.25) is 0 Å². The molecule has 0 radical (unpaired) electrons. The first-order valence-corrected chi connectivity index (χ1v) is 17.6. The minimum Gasteiger partial charge on any atom is -0.239 e. The highest BCUT2D eigenvalue weighted by Crippen LogP contribution is 2.64. The average Bonchev–Trinajstić information content (AvgIpc) is 3.78. The fourth-order valence-corrected chi connectivity index (χ4v) is 7.83. The predicted molar refractivity (Wildman–Crippen MR) is 216 cm³/mol. The van der Waals surface area contributed by atoms with Crippen molar-refractivity contribution in [3.63, 3.8) is 0 Å². The summed E-state index contributed by atoms with van der Waals surface area (Å²) in [6.45, 7) is 31.9. The van der Waals surface area contributed by atoms with Crippen LogP contribution in [-0.2, 0) is 12.4 Å². The van der Waals surface area contributed by atoms with E-state index in [1.165, 1.54) is 60.7 Å². The van der Waals surface area contributed by atoms with E-state index in [9.17, 15) is 21.0 Å². The van der Waals surface area contributed by atoms with Crippen molar-refractivity contribution in [1.82, 2.24) is 0 Å². The van der Waals surface area contributed by atoms with Crippen LogP contribution in [0.4, 0.5) is 37.7 Å². The summed E-state index contributed by atoms with van der Waals surface area (Å²) in [5, 5.41) is 41.3. The van der Waals surface area contributed by atoms with Crippen LogP contribution < -0.4 is 0 Å². The van der Waals surface area contributed by atoms with Gasteiger partial charge in [0, 0.05) is 11.1 Å². The second-order valence-corrected chi connectivity index (χ2v) is 13.4. The summed E-state index contributed by atoms with van der Waals surface area (Å²) in [7, 11) is 0. The van der Waals surface area contributed by atoms with Crippen molar-refractivity contribution in [3.05, 3.63) is 209 Å². The second-order valence-electron chi connectivity index (χ2n) is 13.4. The molecule has 7 rings (SSSR count). The third kappa shape index (κ3) is 6.47. The van der Waals surface area contributed by atoms with Gasteiger partial charge >= 0.3 is 12.4 Å². The maximum atomic E-state index is 16.4. The van der Waals surface area contributed by atoms with Crippen molar-refractivity contribution < 1.29 is 26.3 Å². The number of allylic oxidation sites excluding steroid dienone is 6. The molecule has 2 aliphatic carbocycles. The maximum absolute atomic E-state index is 16.4. The largest absolute Gasteiger partial charge is 0.417 e. The van der Waals surface area contributed by atoms with E-state index in [2.05, 4.69) is 19.4 Å². The second kappa shape index (κ2) is 15.4. The number of rotatable bonds is 4. The number of hydrogen-bond acceptors (Lipinski definition) is 4. The number of alkyl halides is 6. The number of fused-ring (bicyclic) bond motifs is 2. The van der Waals surface area contributed by atoms with Gasteiger partial charge in [-0.05, 0) is 73.9 Å². The normalized spacial score (nSPS) is 14.4. The molecule has 0 saturated carbocycles. The van der Waals surface area contributed by atoms with Crippen LogP contribution in [-0.4, -0.2) is 0 Å². The molecule has 0 saturated heterocycles. The van der Waals surface area contributed by atoms with Crippen molar-refractivity contribution in [3.8, 4) is 24.3 Å². The lowest BCUT2D eigenvalue weighted by Crippen LogP contribution is -2.20. The van der Waals surface area contributed by atoms with E-state index in [1.54, 1.807) is 24.3 Å². The fraction of sp³-hybridized carbons (Fsp3) is 0.0417. The van der Waals surface area contributed by atoms with Gasteiger partial charge in [0.05, 0.1) is 71.8 Å². The van der Waals surface area contributed by atoms with Crippen LogP contribution >= 0.6 is 0 Å². The Morgan fingerprint density at radius 1 is 0.516 bits per heavy atom. The molecular formula is C48H16F6N8. The zero-order valence-corrected chi connectivity index (χ0v) is 31.1. The Labute approximate surface area is 348 Å². The number of halogens is 6. The summed E-state index contributed by atoms with van der Waals surface area (Å²) < 4.78 is 98.4. The van der Waals surface area contributed by atoms with Crippen LogP contribution in [0.5, 0.6) is 0 Å². The summed E-state index contributed by atoms with van der Waals surface area (Å²) in [5.74, 6) is 0. The van der Waals surface area contributed by atoms with Crippen molar-refractivity contribution in [2.75, 3.05) is 0 Å². The molecule has 290 valence electrons. The average molecular weight is 819 g/mol. The van der Waals surface area contributed by atoms with E-state index in [1.807, 2.05) is 0 Å². The number of nitrogens with zero attached hydrogens (tertiary/aromatic N) is 8. The minimum absolute atomic E-state index is 0.0680. The highest BCUT2D eigenvalue weighted by atomic mass is 19.4. The SMILES string of the molecule is [C-]#[N+]C1=C(c2ccccc2)/C(=C(/C#N)c2cc([N+]#[C-])cc([N+]#[C-])c2)c2c1c(C(F)(F)F)c1c(c2C(F)(F)F)C(C#N)=C(c2ccccc2)/C1=C(/[N+]#[C-])c1cc(C#N)cc(C#N)c1. The third-order valence-corrected chi connectivity index (χ3v) is 10.0. The Bertz CT molecular complexity index is 3040. The standard InChI is InChI=1S/C48H16F6N8/c1-59-31-18-29(19-32(20-31)60-2)33(23-57)37-36(28-13-9-6-10-14-28)46(62-4)42-39(37)43(47(49,50)51)38-34(24-58)35(27-11-7-5-8-12-27)41(40(38)44(42)48(52,53)54)45(61-3)30-16-25(21-55)15-26(17-30)22-56/h5-20H/b37-33+,45-41-. The van der Waals surface area contributed by atoms with Gasteiger partial charge in [0.1, 0.15) is 12.1 Å². The monoisotopic (exact) mass is 818 g/mol. The number of benzene rings is 5. The van der Waals surface area contributed by atoms with E-state index in [0.717, 1.165) is 36.4 Å². The fourth-order valence-electron chi connectivity index (χ4n) is 7.83. The van der Waals surface area contributed by atoms with Crippen molar-refractivity contribution in [2.45, 2.75) is 12.4 Å². The van der Waals surface area contributed by atoms with Gasteiger partial charge in [-0.2, -0.15) is 47.4 Å². The zero-order chi connectivity index (χ0) is 44.7. The molecule has 62 heavy (non-hydrogen) atoms. The van der Waals surface area contributed by atoms with Crippen molar-refractivity contribution >= 4 is 56.2 Å². The molecule has 0 N–H and O–H groups in total. The molecule has 0 amide bonds. The smallest absolute Gasteiger partial charge is 0.239 e. The first-order chi connectivity index (χ1) is 29.7. The Morgan fingerprint density at radius 2 is 1.02 bits per heavy atom. The molecule has 0 aliphatic heterocycles. The lowest BCUT2D eigenvalue weighted by atomic mass is 9.81. The number of hydrogen-bond donors (Lipinski definition) is 0. The molecule has 0 atom stereocenters. The highest BCUT2D eigenvalue weighted by molar-refractivity contribution is 6.35. The lowest BCUT2D eigenvalue weighted by Gasteiger charge is -2.26. The van der Waals surface area contributed by atoms with Crippen LogP contribution in [0.1, 0.15) is 66.8 Å². The summed E-state index contributed by atoms with van der Waals surface area (Å²) in [4.78, 5) is 13.6. The van der Waals surface area contributed by atoms with E-state index in [0.29, 0.717) is 0 Å². The summed E-state index contributed by atoms with van der Waals surface area (Å²) >= 11 is 0.